The summed E-state index contributed by atoms with van der Waals surface area (Å²) < 4.78 is 1.98. The van der Waals surface area contributed by atoms with E-state index in [0.717, 1.165) is 17.8 Å². The van der Waals surface area contributed by atoms with E-state index in [1.165, 1.54) is 0 Å². The van der Waals surface area contributed by atoms with Gasteiger partial charge in [-0.05, 0) is 52.0 Å². The first kappa shape index (κ1) is 15.3. The minimum absolute atomic E-state index is 0.0335. The van der Waals surface area contributed by atoms with Gasteiger partial charge in [0.05, 0.1) is 0 Å². The average Bonchev–Trinajstić information content (AvgIpc) is 2.87. The summed E-state index contributed by atoms with van der Waals surface area (Å²) in [6.45, 7) is 8.11. The van der Waals surface area contributed by atoms with Crippen molar-refractivity contribution in [3.05, 3.63) is 53.6 Å². The quantitative estimate of drug-likeness (QED) is 0.917. The van der Waals surface area contributed by atoms with Crippen LogP contribution >= 0.6 is 0 Å². The number of nitrogens with zero attached hydrogens (tertiary/aromatic N) is 2. The molecule has 0 fully saturated rings. The Bertz CT molecular complexity index is 616. The Morgan fingerprint density at radius 2 is 2.00 bits per heavy atom. The van der Waals surface area contributed by atoms with Gasteiger partial charge >= 0.3 is 0 Å². The molecule has 2 heterocycles. The fourth-order valence-corrected chi connectivity index (χ4v) is 2.41. The van der Waals surface area contributed by atoms with Gasteiger partial charge in [0.25, 0.3) is 5.91 Å². The largest absolute Gasteiger partial charge is 0.348 e. The number of amides is 1. The molecule has 4 heteroatoms. The molecule has 1 N–H and O–H groups in total. The maximum Gasteiger partial charge on any atom is 0.268 e. The van der Waals surface area contributed by atoms with Crippen LogP contribution in [0.1, 0.15) is 48.7 Å². The molecule has 0 spiro atoms. The second-order valence-electron chi connectivity index (χ2n) is 5.74. The molecule has 0 aliphatic rings. The second kappa shape index (κ2) is 6.57. The normalized spacial score (nSPS) is 12.4. The highest BCUT2D eigenvalue weighted by Crippen LogP contribution is 2.11. The Morgan fingerprint density at radius 1 is 1.24 bits per heavy atom. The van der Waals surface area contributed by atoms with E-state index >= 15 is 0 Å². The van der Waals surface area contributed by atoms with Crippen molar-refractivity contribution in [2.24, 2.45) is 0 Å². The second-order valence-corrected chi connectivity index (χ2v) is 5.74. The van der Waals surface area contributed by atoms with Crippen molar-refractivity contribution >= 4 is 5.91 Å². The van der Waals surface area contributed by atoms with Crippen molar-refractivity contribution in [1.29, 1.82) is 0 Å². The zero-order chi connectivity index (χ0) is 15.4. The fourth-order valence-electron chi connectivity index (χ4n) is 2.41. The van der Waals surface area contributed by atoms with E-state index in [0.29, 0.717) is 5.69 Å². The predicted octanol–water partition coefficient (Wildman–Crippen LogP) is 3.13. The molecule has 112 valence electrons. The Hall–Kier alpha value is -2.10. The summed E-state index contributed by atoms with van der Waals surface area (Å²) in [5.41, 5.74) is 2.70. The van der Waals surface area contributed by atoms with Gasteiger partial charge in [-0.25, -0.2) is 0 Å². The lowest BCUT2D eigenvalue weighted by Gasteiger charge is -2.16. The van der Waals surface area contributed by atoms with Gasteiger partial charge < -0.3 is 9.88 Å². The monoisotopic (exact) mass is 285 g/mol. The van der Waals surface area contributed by atoms with Crippen LogP contribution < -0.4 is 5.32 Å². The standard InChI is InChI=1S/C17H23N3O/c1-12(2)20-10-6-9-16(20)17(21)19-14(4)11-15-8-5-7-13(3)18-15/h5-10,12,14H,11H2,1-4H3,(H,19,21). The fraction of sp³-hybridized carbons (Fsp3) is 0.412. The van der Waals surface area contributed by atoms with Crippen LogP contribution in [-0.2, 0) is 6.42 Å². The molecule has 21 heavy (non-hydrogen) atoms. The summed E-state index contributed by atoms with van der Waals surface area (Å²) in [4.78, 5) is 16.8. The number of pyridine rings is 1. The summed E-state index contributed by atoms with van der Waals surface area (Å²) in [6.07, 6.45) is 2.67. The lowest BCUT2D eigenvalue weighted by Crippen LogP contribution is -2.35. The van der Waals surface area contributed by atoms with Crippen LogP contribution in [0.15, 0.2) is 36.5 Å². The third-order valence-electron chi connectivity index (χ3n) is 3.41. The van der Waals surface area contributed by atoms with Gasteiger partial charge in [0.2, 0.25) is 0 Å². The van der Waals surface area contributed by atoms with E-state index in [-0.39, 0.29) is 18.0 Å². The zero-order valence-electron chi connectivity index (χ0n) is 13.1. The SMILES string of the molecule is Cc1cccc(CC(C)NC(=O)c2cccn2C(C)C)n1. The summed E-state index contributed by atoms with van der Waals surface area (Å²) >= 11 is 0. The molecule has 0 bridgehead atoms. The number of carbonyl (C=O) groups excluding carboxylic acids is 1. The summed E-state index contributed by atoms with van der Waals surface area (Å²) in [5.74, 6) is -0.0335. The summed E-state index contributed by atoms with van der Waals surface area (Å²) in [5, 5.41) is 3.05. The zero-order valence-corrected chi connectivity index (χ0v) is 13.1. The minimum atomic E-state index is -0.0335. The molecule has 0 aliphatic carbocycles. The summed E-state index contributed by atoms with van der Waals surface area (Å²) in [6, 6.07) is 10.0. The first-order valence-corrected chi connectivity index (χ1v) is 7.37. The molecule has 2 aromatic rings. The van der Waals surface area contributed by atoms with Crippen LogP contribution in [0.2, 0.25) is 0 Å². The van der Waals surface area contributed by atoms with Crippen LogP contribution in [0.4, 0.5) is 0 Å². The molecule has 0 aromatic carbocycles. The molecule has 4 nitrogen and oxygen atoms in total. The Morgan fingerprint density at radius 3 is 2.67 bits per heavy atom. The summed E-state index contributed by atoms with van der Waals surface area (Å²) in [7, 11) is 0. The Balaban J connectivity index is 2.00. The molecule has 2 aromatic heterocycles. The van der Waals surface area contributed by atoms with Crippen LogP contribution in [0, 0.1) is 6.92 Å². The van der Waals surface area contributed by atoms with Gasteiger partial charge in [0.15, 0.2) is 0 Å². The predicted molar refractivity (Wildman–Crippen MR) is 84.4 cm³/mol. The van der Waals surface area contributed by atoms with Gasteiger partial charge in [-0.3, -0.25) is 9.78 Å². The number of carbonyl (C=O) groups is 1. The van der Waals surface area contributed by atoms with E-state index < -0.39 is 0 Å². The molecule has 0 saturated heterocycles. The Labute approximate surface area is 126 Å². The van der Waals surface area contributed by atoms with E-state index in [2.05, 4.69) is 24.1 Å². The van der Waals surface area contributed by atoms with Gasteiger partial charge in [-0.1, -0.05) is 6.07 Å². The molecule has 1 atom stereocenters. The van der Waals surface area contributed by atoms with Crippen LogP contribution in [0.25, 0.3) is 0 Å². The molecule has 1 unspecified atom stereocenters. The lowest BCUT2D eigenvalue weighted by atomic mass is 10.1. The molecule has 0 radical (unpaired) electrons. The van der Waals surface area contributed by atoms with Crippen molar-refractivity contribution < 1.29 is 4.79 Å². The van der Waals surface area contributed by atoms with Crippen molar-refractivity contribution in [3.63, 3.8) is 0 Å². The van der Waals surface area contributed by atoms with Crippen LogP contribution in [0.5, 0.6) is 0 Å². The average molecular weight is 285 g/mol. The van der Waals surface area contributed by atoms with Crippen molar-refractivity contribution in [3.8, 4) is 0 Å². The molecule has 2 rings (SSSR count). The highest BCUT2D eigenvalue weighted by Gasteiger charge is 2.15. The van der Waals surface area contributed by atoms with Gasteiger partial charge in [0, 0.05) is 36.1 Å². The van der Waals surface area contributed by atoms with Gasteiger partial charge in [0.1, 0.15) is 5.69 Å². The van der Waals surface area contributed by atoms with Crippen LogP contribution in [-0.4, -0.2) is 21.5 Å². The number of rotatable bonds is 5. The van der Waals surface area contributed by atoms with Crippen molar-refractivity contribution in [2.75, 3.05) is 0 Å². The molecule has 1 amide bonds. The van der Waals surface area contributed by atoms with E-state index in [1.807, 2.05) is 54.9 Å². The smallest absolute Gasteiger partial charge is 0.268 e. The van der Waals surface area contributed by atoms with Gasteiger partial charge in [-0.15, -0.1) is 0 Å². The number of nitrogens with one attached hydrogen (secondary N) is 1. The van der Waals surface area contributed by atoms with Crippen molar-refractivity contribution in [2.45, 2.75) is 46.2 Å². The minimum Gasteiger partial charge on any atom is -0.348 e. The molecule has 0 aliphatic heterocycles. The molecular formula is C17H23N3O. The highest BCUT2D eigenvalue weighted by atomic mass is 16.2. The number of aromatic nitrogens is 2. The number of aryl methyl sites for hydroxylation is 1. The van der Waals surface area contributed by atoms with Crippen LogP contribution in [0.3, 0.4) is 0 Å². The number of hydrogen-bond acceptors (Lipinski definition) is 2. The first-order valence-electron chi connectivity index (χ1n) is 7.37. The van der Waals surface area contributed by atoms with E-state index in [9.17, 15) is 4.79 Å². The highest BCUT2D eigenvalue weighted by molar-refractivity contribution is 5.93. The molecule has 0 saturated carbocycles. The maximum atomic E-state index is 12.3. The topological polar surface area (TPSA) is 46.9 Å². The van der Waals surface area contributed by atoms with Gasteiger partial charge in [-0.2, -0.15) is 0 Å². The third kappa shape index (κ3) is 3.94. The third-order valence-corrected chi connectivity index (χ3v) is 3.41. The van der Waals surface area contributed by atoms with Crippen molar-refractivity contribution in [1.82, 2.24) is 14.9 Å². The molecular weight excluding hydrogens is 262 g/mol. The lowest BCUT2D eigenvalue weighted by molar-refractivity contribution is 0.0929. The first-order chi connectivity index (χ1) is 9.97. The maximum absolute atomic E-state index is 12.3. The van der Waals surface area contributed by atoms with E-state index in [1.54, 1.807) is 0 Å². The van der Waals surface area contributed by atoms with E-state index in [4.69, 9.17) is 0 Å². The Kier molecular flexibility index (Phi) is 4.78. The number of hydrogen-bond donors (Lipinski definition) is 1.